The molecule has 8 nitrogen and oxygen atoms in total. The highest BCUT2D eigenvalue weighted by molar-refractivity contribution is 6.00. The lowest BCUT2D eigenvalue weighted by Gasteiger charge is -2.08. The fourth-order valence-corrected chi connectivity index (χ4v) is 3.36. The lowest BCUT2D eigenvalue weighted by molar-refractivity contribution is -0.115. The maximum atomic E-state index is 12.7. The number of nitrogens with zero attached hydrogens (tertiary/aromatic N) is 5. The molecule has 0 bridgehead atoms. The standard InChI is InChI=1S/C20H21N7O/c1-11-8-12(2)23-20(22-11)27-14(4)16(13(3)26-27)9-18(28)24-17-7-5-6-15-10-21-25-19(15)17/h5-8,10H,9H2,1-4H3,(H,21,25)(H,24,28). The zero-order valence-electron chi connectivity index (χ0n) is 16.2. The molecular weight excluding hydrogens is 354 g/mol. The molecule has 0 saturated carbocycles. The molecule has 2 N–H and O–H groups in total. The summed E-state index contributed by atoms with van der Waals surface area (Å²) in [5.41, 5.74) is 5.79. The minimum Gasteiger partial charge on any atom is -0.324 e. The Bertz CT molecular complexity index is 1170. The first-order valence-corrected chi connectivity index (χ1v) is 9.02. The lowest BCUT2D eigenvalue weighted by Crippen LogP contribution is -2.16. The summed E-state index contributed by atoms with van der Waals surface area (Å²) in [7, 11) is 0. The molecule has 0 spiro atoms. The number of carbonyl (C=O) groups excluding carboxylic acids is 1. The third-order valence-electron chi connectivity index (χ3n) is 4.69. The Morgan fingerprint density at radius 3 is 2.64 bits per heavy atom. The van der Waals surface area contributed by atoms with Crippen LogP contribution in [0.1, 0.15) is 28.3 Å². The molecule has 4 rings (SSSR count). The van der Waals surface area contributed by atoms with Crippen molar-refractivity contribution in [3.05, 3.63) is 58.8 Å². The van der Waals surface area contributed by atoms with Gasteiger partial charge in [-0.3, -0.25) is 9.89 Å². The Morgan fingerprint density at radius 1 is 1.14 bits per heavy atom. The topological polar surface area (TPSA) is 101 Å². The number of hydrogen-bond acceptors (Lipinski definition) is 5. The normalized spacial score (nSPS) is 11.1. The van der Waals surface area contributed by atoms with Gasteiger partial charge in [0.1, 0.15) is 0 Å². The Labute approximate surface area is 162 Å². The van der Waals surface area contributed by atoms with Crippen molar-refractivity contribution in [2.24, 2.45) is 0 Å². The molecule has 3 aromatic heterocycles. The lowest BCUT2D eigenvalue weighted by atomic mass is 10.1. The highest BCUT2D eigenvalue weighted by atomic mass is 16.1. The van der Waals surface area contributed by atoms with Crippen LogP contribution in [0, 0.1) is 27.7 Å². The second-order valence-corrected chi connectivity index (χ2v) is 6.88. The molecule has 0 fully saturated rings. The molecule has 8 heteroatoms. The Kier molecular flexibility index (Phi) is 4.38. The van der Waals surface area contributed by atoms with Gasteiger partial charge >= 0.3 is 0 Å². The molecule has 0 radical (unpaired) electrons. The summed E-state index contributed by atoms with van der Waals surface area (Å²) in [6.45, 7) is 7.67. The molecule has 142 valence electrons. The van der Waals surface area contributed by atoms with E-state index in [2.05, 4.69) is 30.6 Å². The van der Waals surface area contributed by atoms with Gasteiger partial charge in [0, 0.05) is 28.0 Å². The van der Waals surface area contributed by atoms with E-state index in [1.54, 1.807) is 10.9 Å². The zero-order chi connectivity index (χ0) is 19.8. The highest BCUT2D eigenvalue weighted by Gasteiger charge is 2.18. The molecule has 4 aromatic rings. The first-order chi connectivity index (χ1) is 13.4. The van der Waals surface area contributed by atoms with Crippen LogP contribution in [0.2, 0.25) is 0 Å². The average molecular weight is 375 g/mol. The second-order valence-electron chi connectivity index (χ2n) is 6.88. The molecule has 0 unspecified atom stereocenters. The van der Waals surface area contributed by atoms with Crippen molar-refractivity contribution in [3.8, 4) is 5.95 Å². The summed E-state index contributed by atoms with van der Waals surface area (Å²) >= 11 is 0. The summed E-state index contributed by atoms with van der Waals surface area (Å²) < 4.78 is 1.70. The number of para-hydroxylation sites is 1. The van der Waals surface area contributed by atoms with E-state index in [-0.39, 0.29) is 12.3 Å². The van der Waals surface area contributed by atoms with Crippen molar-refractivity contribution in [2.75, 3.05) is 5.32 Å². The molecule has 28 heavy (non-hydrogen) atoms. The van der Waals surface area contributed by atoms with Crippen LogP contribution >= 0.6 is 0 Å². The molecule has 1 amide bonds. The average Bonchev–Trinajstić information content (AvgIpc) is 3.22. The summed E-state index contributed by atoms with van der Waals surface area (Å²) in [6.07, 6.45) is 1.94. The first-order valence-electron chi connectivity index (χ1n) is 9.02. The number of anilines is 1. The van der Waals surface area contributed by atoms with Gasteiger partial charge < -0.3 is 5.32 Å². The van der Waals surface area contributed by atoms with Gasteiger partial charge in [-0.15, -0.1) is 0 Å². The monoisotopic (exact) mass is 375 g/mol. The summed E-state index contributed by atoms with van der Waals surface area (Å²) in [4.78, 5) is 21.6. The van der Waals surface area contributed by atoms with E-state index in [0.717, 1.165) is 39.2 Å². The predicted molar refractivity (Wildman–Crippen MR) is 107 cm³/mol. The Balaban J connectivity index is 1.61. The molecule has 0 aliphatic rings. The van der Waals surface area contributed by atoms with Crippen LogP contribution in [0.25, 0.3) is 16.9 Å². The van der Waals surface area contributed by atoms with Crippen molar-refractivity contribution >= 4 is 22.5 Å². The smallest absolute Gasteiger partial charge is 0.251 e. The molecule has 1 aromatic carbocycles. The van der Waals surface area contributed by atoms with Crippen molar-refractivity contribution in [1.29, 1.82) is 0 Å². The van der Waals surface area contributed by atoms with Crippen molar-refractivity contribution in [1.82, 2.24) is 29.9 Å². The van der Waals surface area contributed by atoms with E-state index < -0.39 is 0 Å². The number of aryl methyl sites for hydroxylation is 3. The maximum absolute atomic E-state index is 12.7. The van der Waals surface area contributed by atoms with E-state index in [4.69, 9.17) is 0 Å². The minimum atomic E-state index is -0.116. The minimum absolute atomic E-state index is 0.116. The number of rotatable bonds is 4. The van der Waals surface area contributed by atoms with Crippen LogP contribution in [0.3, 0.4) is 0 Å². The van der Waals surface area contributed by atoms with Gasteiger partial charge in [0.15, 0.2) is 0 Å². The van der Waals surface area contributed by atoms with E-state index in [1.165, 1.54) is 0 Å². The largest absolute Gasteiger partial charge is 0.324 e. The SMILES string of the molecule is Cc1cc(C)nc(-n2nc(C)c(CC(=O)Nc3cccc4cn[nH]c34)c2C)n1. The summed E-state index contributed by atoms with van der Waals surface area (Å²) in [5.74, 6) is 0.404. The van der Waals surface area contributed by atoms with E-state index in [1.807, 2.05) is 52.0 Å². The molecule has 3 heterocycles. The van der Waals surface area contributed by atoms with Gasteiger partial charge in [-0.1, -0.05) is 12.1 Å². The summed E-state index contributed by atoms with van der Waals surface area (Å²) in [6, 6.07) is 7.60. The molecule has 0 atom stereocenters. The predicted octanol–water partition coefficient (Wildman–Crippen LogP) is 2.95. The number of aromatic amines is 1. The second kappa shape index (κ2) is 6.88. The van der Waals surface area contributed by atoms with Crippen LogP contribution in [0.4, 0.5) is 5.69 Å². The van der Waals surface area contributed by atoms with Gasteiger partial charge in [-0.05, 0) is 39.8 Å². The number of benzene rings is 1. The van der Waals surface area contributed by atoms with Crippen molar-refractivity contribution in [3.63, 3.8) is 0 Å². The van der Waals surface area contributed by atoms with E-state index in [9.17, 15) is 4.79 Å². The van der Waals surface area contributed by atoms with Crippen molar-refractivity contribution in [2.45, 2.75) is 34.1 Å². The molecular formula is C20H21N7O. The molecule has 0 saturated heterocycles. The van der Waals surface area contributed by atoms with Crippen molar-refractivity contribution < 1.29 is 4.79 Å². The number of nitrogens with one attached hydrogen (secondary N) is 2. The number of carbonyl (C=O) groups is 1. The van der Waals surface area contributed by atoms with Gasteiger partial charge in [0.05, 0.1) is 29.5 Å². The third kappa shape index (κ3) is 3.24. The van der Waals surface area contributed by atoms with Crippen LogP contribution in [0.15, 0.2) is 30.5 Å². The number of hydrogen-bond donors (Lipinski definition) is 2. The molecule has 0 aliphatic heterocycles. The highest BCUT2D eigenvalue weighted by Crippen LogP contribution is 2.22. The Morgan fingerprint density at radius 2 is 1.89 bits per heavy atom. The fraction of sp³-hybridized carbons (Fsp3) is 0.250. The fourth-order valence-electron chi connectivity index (χ4n) is 3.36. The maximum Gasteiger partial charge on any atom is 0.251 e. The van der Waals surface area contributed by atoms with E-state index >= 15 is 0 Å². The van der Waals surface area contributed by atoms with Gasteiger partial charge in [-0.2, -0.15) is 10.2 Å². The first kappa shape index (κ1) is 17.8. The van der Waals surface area contributed by atoms with Crippen LogP contribution in [-0.2, 0) is 11.2 Å². The number of amides is 1. The number of aromatic nitrogens is 6. The number of H-pyrrole nitrogens is 1. The quantitative estimate of drug-likeness (QED) is 0.571. The Hall–Kier alpha value is -3.55. The van der Waals surface area contributed by atoms with Gasteiger partial charge in [0.25, 0.3) is 5.95 Å². The van der Waals surface area contributed by atoms with Crippen LogP contribution in [-0.4, -0.2) is 35.9 Å². The number of fused-ring (bicyclic) bond motifs is 1. The van der Waals surface area contributed by atoms with Crippen LogP contribution < -0.4 is 5.32 Å². The van der Waals surface area contributed by atoms with Gasteiger partial charge in [0.2, 0.25) is 5.91 Å². The third-order valence-corrected chi connectivity index (χ3v) is 4.69. The summed E-state index contributed by atoms with van der Waals surface area (Å²) in [5, 5.41) is 15.4. The molecule has 0 aliphatic carbocycles. The van der Waals surface area contributed by atoms with Gasteiger partial charge in [-0.25, -0.2) is 14.6 Å². The zero-order valence-corrected chi connectivity index (χ0v) is 16.2. The van der Waals surface area contributed by atoms with E-state index in [0.29, 0.717) is 11.6 Å². The van der Waals surface area contributed by atoms with Crippen LogP contribution in [0.5, 0.6) is 0 Å².